The lowest BCUT2D eigenvalue weighted by molar-refractivity contribution is -0.0142. The van der Waals surface area contributed by atoms with E-state index in [0.29, 0.717) is 86.5 Å². The molecule has 0 aromatic heterocycles. The number of allylic oxidation sites excluding steroid dienone is 5. The van der Waals surface area contributed by atoms with Crippen LogP contribution in [-0.2, 0) is 79.7 Å². The second kappa shape index (κ2) is 25.3. The summed E-state index contributed by atoms with van der Waals surface area (Å²) in [5.74, 6) is -1.18. The first kappa shape index (κ1) is 56.2. The number of aryl methyl sites for hydroxylation is 1. The molecule has 1 heterocycles. The Morgan fingerprint density at radius 3 is 1.69 bits per heavy atom. The van der Waals surface area contributed by atoms with Gasteiger partial charge < -0.3 is 33.3 Å². The summed E-state index contributed by atoms with van der Waals surface area (Å²) in [4.78, 5) is 1.08. The van der Waals surface area contributed by atoms with Gasteiger partial charge in [-0.3, -0.25) is 18.2 Å². The molecule has 0 radical (unpaired) electrons. The van der Waals surface area contributed by atoms with E-state index in [1.54, 1.807) is 46.1 Å². The van der Waals surface area contributed by atoms with E-state index in [-0.39, 0.29) is 52.0 Å². The minimum absolute atomic E-state index is 0.0451. The molecule has 0 saturated carbocycles. The monoisotopic (exact) mass is 997 g/mol. The maximum atomic E-state index is 12.3. The molecule has 0 aliphatic carbocycles. The highest BCUT2D eigenvalue weighted by atomic mass is 32.2. The van der Waals surface area contributed by atoms with Gasteiger partial charge in [-0.05, 0) is 98.2 Å². The largest absolute Gasteiger partial charge is 0.382 e. The molecule has 19 nitrogen and oxygen atoms in total. The van der Waals surface area contributed by atoms with Crippen LogP contribution in [0.2, 0.25) is 0 Å². The summed E-state index contributed by atoms with van der Waals surface area (Å²) < 4.78 is 168. The molecular formula is C42H63NO18S4. The van der Waals surface area contributed by atoms with Gasteiger partial charge in [0.1, 0.15) is 0 Å². The first-order chi connectivity index (χ1) is 30.3. The van der Waals surface area contributed by atoms with Crippen molar-refractivity contribution in [2.45, 2.75) is 67.1 Å². The molecule has 1 aliphatic rings. The second-order valence-corrected chi connectivity index (χ2v) is 21.7. The number of rotatable bonds is 32. The lowest BCUT2D eigenvalue weighted by Crippen LogP contribution is -2.31. The zero-order chi connectivity index (χ0) is 48.5. The zero-order valence-corrected chi connectivity index (χ0v) is 40.5. The van der Waals surface area contributed by atoms with Gasteiger partial charge in [-0.2, -0.15) is 33.7 Å². The lowest BCUT2D eigenvalue weighted by atomic mass is 9.71. The van der Waals surface area contributed by atoms with E-state index in [0.717, 1.165) is 0 Å². The number of anilines is 1. The summed E-state index contributed by atoms with van der Waals surface area (Å²) in [5.41, 5.74) is 0.676. The maximum Gasteiger partial charge on any atom is 0.294 e. The third-order valence-corrected chi connectivity index (χ3v) is 14.2. The minimum atomic E-state index is -4.67. The zero-order valence-electron chi connectivity index (χ0n) is 37.2. The van der Waals surface area contributed by atoms with Crippen LogP contribution >= 0.6 is 0 Å². The molecule has 0 amide bonds. The van der Waals surface area contributed by atoms with Crippen molar-refractivity contribution in [1.82, 2.24) is 0 Å². The topological polar surface area (TPSA) is 276 Å². The van der Waals surface area contributed by atoms with Crippen molar-refractivity contribution in [3.05, 3.63) is 89.2 Å². The average molecular weight is 998 g/mol. The Hall–Kier alpha value is -3.14. The molecule has 4 N–H and O–H groups in total. The first-order valence-corrected chi connectivity index (χ1v) is 26.8. The third-order valence-electron chi connectivity index (χ3n) is 10.9. The summed E-state index contributed by atoms with van der Waals surface area (Å²) in [6.45, 7) is 13.6. The van der Waals surface area contributed by atoms with Gasteiger partial charge in [-0.25, -0.2) is 0 Å². The predicted molar refractivity (Wildman–Crippen MR) is 243 cm³/mol. The Morgan fingerprint density at radius 2 is 1.18 bits per heavy atom. The minimum Gasteiger partial charge on any atom is -0.382 e. The van der Waals surface area contributed by atoms with Gasteiger partial charge in [0.25, 0.3) is 40.5 Å². The Morgan fingerprint density at radius 1 is 0.708 bits per heavy atom. The molecule has 368 valence electrons. The second-order valence-electron chi connectivity index (χ2n) is 15.7. The van der Waals surface area contributed by atoms with Crippen molar-refractivity contribution in [2.24, 2.45) is 0 Å². The van der Waals surface area contributed by atoms with Crippen LogP contribution in [0.15, 0.2) is 82.3 Å². The number of nitrogens with zero attached hydrogens (tertiary/aromatic N) is 1. The number of methoxy groups -OCH3 is 1. The van der Waals surface area contributed by atoms with Gasteiger partial charge in [0.05, 0.1) is 94.0 Å². The van der Waals surface area contributed by atoms with Crippen LogP contribution < -0.4 is 4.90 Å². The SMILES string of the molecule is C=C(/C=C/C=C1/N(CCOCCOCCOCCOCCOCCOC)c2ccc(S(=O)(=O)O)cc2C1(C)CCCS(=O)(=O)O)C(C)(CCCS(=O)(=O)O)c1cc(S(=O)(=O)O)ccc1C. The molecule has 0 fully saturated rings. The fourth-order valence-corrected chi connectivity index (χ4v) is 9.49. The maximum absolute atomic E-state index is 12.3. The molecule has 65 heavy (non-hydrogen) atoms. The molecule has 0 saturated heterocycles. The van der Waals surface area contributed by atoms with Gasteiger partial charge in [0.2, 0.25) is 0 Å². The van der Waals surface area contributed by atoms with Crippen molar-refractivity contribution in [1.29, 1.82) is 0 Å². The smallest absolute Gasteiger partial charge is 0.294 e. The number of benzene rings is 2. The van der Waals surface area contributed by atoms with Crippen molar-refractivity contribution in [3.63, 3.8) is 0 Å². The van der Waals surface area contributed by atoms with E-state index in [1.165, 1.54) is 36.4 Å². The van der Waals surface area contributed by atoms with Crippen molar-refractivity contribution >= 4 is 46.2 Å². The molecule has 0 spiro atoms. The molecule has 3 rings (SSSR count). The van der Waals surface area contributed by atoms with Crippen LogP contribution in [0.5, 0.6) is 0 Å². The Labute approximate surface area is 383 Å². The third kappa shape index (κ3) is 18.1. The standard InChI is InChI=1S/C42H63NO18S4/c1-33-11-12-35(64(50,51)52)31-37(33)41(3,15-7-29-62(44,45)46)34(2)9-6-10-40-42(4,16-8-30-63(47,48)49)38-32-36(65(53,54)55)13-14-39(38)43(40)17-18-57-21-22-59-25-26-61-28-27-60-24-23-58-20-19-56-5/h6,9-14,31-32H,2,7-8,15-30H2,1,3-5H3,(H,44,45,46)(H,47,48,49)(H,50,51,52)(H,53,54,55)/b9-6+,40-10+. The van der Waals surface area contributed by atoms with Gasteiger partial charge >= 0.3 is 0 Å². The van der Waals surface area contributed by atoms with Gasteiger partial charge in [0.15, 0.2) is 0 Å². The predicted octanol–water partition coefficient (Wildman–Crippen LogP) is 4.59. The van der Waals surface area contributed by atoms with Crippen LogP contribution in [0, 0.1) is 6.92 Å². The average Bonchev–Trinajstić information content (AvgIpc) is 3.42. The Bertz CT molecular complexity index is 2400. The van der Waals surface area contributed by atoms with Crippen molar-refractivity contribution in [2.75, 3.05) is 103 Å². The van der Waals surface area contributed by atoms with Crippen molar-refractivity contribution < 1.29 is 80.3 Å². The van der Waals surface area contributed by atoms with Gasteiger partial charge in [-0.15, -0.1) is 0 Å². The quantitative estimate of drug-likeness (QED) is 0.0443. The van der Waals surface area contributed by atoms with E-state index in [1.807, 2.05) is 4.90 Å². The van der Waals surface area contributed by atoms with Crippen LogP contribution in [0.3, 0.4) is 0 Å². The number of ether oxygens (including phenoxy) is 6. The highest BCUT2D eigenvalue weighted by Crippen LogP contribution is 2.51. The van der Waals surface area contributed by atoms with E-state index in [4.69, 9.17) is 28.4 Å². The summed E-state index contributed by atoms with van der Waals surface area (Å²) in [7, 11) is -16.4. The Kier molecular flexibility index (Phi) is 21.9. The number of hydrogen-bond acceptors (Lipinski definition) is 15. The molecule has 23 heteroatoms. The summed E-state index contributed by atoms with van der Waals surface area (Å²) >= 11 is 0. The number of hydrogen-bond donors (Lipinski definition) is 4. The molecule has 2 unspecified atom stereocenters. The molecular weight excluding hydrogens is 935 g/mol. The molecule has 1 aliphatic heterocycles. The van der Waals surface area contributed by atoms with E-state index in [2.05, 4.69) is 6.58 Å². The van der Waals surface area contributed by atoms with E-state index in [9.17, 15) is 51.9 Å². The fraction of sp³-hybridized carbons (Fsp3) is 0.571. The van der Waals surface area contributed by atoms with Gasteiger partial charge in [-0.1, -0.05) is 31.7 Å². The van der Waals surface area contributed by atoms with E-state index >= 15 is 0 Å². The summed E-state index contributed by atoms with van der Waals surface area (Å²) in [6.07, 6.45) is 5.02. The van der Waals surface area contributed by atoms with Gasteiger partial charge in [0, 0.05) is 35.9 Å². The molecule has 2 aromatic carbocycles. The normalized spacial score (nSPS) is 17.5. The van der Waals surface area contributed by atoms with E-state index < -0.39 is 72.6 Å². The molecule has 2 aromatic rings. The van der Waals surface area contributed by atoms with Crippen LogP contribution in [0.4, 0.5) is 5.69 Å². The number of fused-ring (bicyclic) bond motifs is 1. The lowest BCUT2D eigenvalue weighted by Gasteiger charge is -2.33. The van der Waals surface area contributed by atoms with Crippen LogP contribution in [0.1, 0.15) is 56.2 Å². The fourth-order valence-electron chi connectivity index (χ4n) is 7.46. The van der Waals surface area contributed by atoms with Crippen LogP contribution in [0.25, 0.3) is 0 Å². The van der Waals surface area contributed by atoms with Crippen molar-refractivity contribution in [3.8, 4) is 0 Å². The highest BCUT2D eigenvalue weighted by Gasteiger charge is 2.44. The molecule has 2 atom stereocenters. The molecule has 0 bridgehead atoms. The Balaban J connectivity index is 1.88. The highest BCUT2D eigenvalue weighted by molar-refractivity contribution is 7.86. The summed E-state index contributed by atoms with van der Waals surface area (Å²) in [5, 5.41) is 0. The first-order valence-electron chi connectivity index (χ1n) is 20.7. The van der Waals surface area contributed by atoms with Crippen LogP contribution in [-0.4, -0.2) is 150 Å². The summed E-state index contributed by atoms with van der Waals surface area (Å²) in [6, 6.07) is 8.08.